The Kier molecular flexibility index (Phi) is 3.99. The molecule has 0 radical (unpaired) electrons. The van der Waals surface area contributed by atoms with Gasteiger partial charge >= 0.3 is 0 Å². The fraction of sp³-hybridized carbons (Fsp3) is 0.500. The highest BCUT2D eigenvalue weighted by Crippen LogP contribution is 2.30. The van der Waals surface area contributed by atoms with E-state index in [1.807, 2.05) is 0 Å². The predicted octanol–water partition coefficient (Wildman–Crippen LogP) is 1.55. The van der Waals surface area contributed by atoms with Crippen LogP contribution in [0.25, 0.3) is 0 Å². The lowest BCUT2D eigenvalue weighted by Gasteiger charge is -2.34. The minimum atomic E-state index is -3.15. The summed E-state index contributed by atoms with van der Waals surface area (Å²) in [5.41, 5.74) is -0.247. The quantitative estimate of drug-likeness (QED) is 0.620. The summed E-state index contributed by atoms with van der Waals surface area (Å²) in [6.07, 6.45) is 0.367. The molecule has 120 valence electrons. The van der Waals surface area contributed by atoms with Crippen molar-refractivity contribution in [1.29, 1.82) is 0 Å². The van der Waals surface area contributed by atoms with Crippen LogP contribution in [0.4, 0.5) is 5.69 Å². The maximum atomic E-state index is 12.5. The molecule has 0 bridgehead atoms. The van der Waals surface area contributed by atoms with Crippen molar-refractivity contribution < 1.29 is 18.1 Å². The number of aryl methyl sites for hydroxylation is 1. The fourth-order valence-corrected chi connectivity index (χ4v) is 4.82. The first kappa shape index (κ1) is 16.4. The van der Waals surface area contributed by atoms with Crippen molar-refractivity contribution in [1.82, 2.24) is 4.90 Å². The van der Waals surface area contributed by atoms with Gasteiger partial charge in [-0.15, -0.1) is 0 Å². The van der Waals surface area contributed by atoms with E-state index in [4.69, 9.17) is 0 Å². The summed E-state index contributed by atoms with van der Waals surface area (Å²) < 4.78 is 23.3. The second kappa shape index (κ2) is 5.35. The molecule has 1 aliphatic heterocycles. The van der Waals surface area contributed by atoms with Crippen molar-refractivity contribution in [2.24, 2.45) is 0 Å². The van der Waals surface area contributed by atoms with Crippen LogP contribution in [-0.2, 0) is 9.84 Å². The minimum absolute atomic E-state index is 0.0508. The van der Waals surface area contributed by atoms with E-state index in [2.05, 4.69) is 0 Å². The van der Waals surface area contributed by atoms with Crippen LogP contribution in [0.15, 0.2) is 18.2 Å². The summed E-state index contributed by atoms with van der Waals surface area (Å²) in [6, 6.07) is 4.28. The van der Waals surface area contributed by atoms with E-state index in [0.717, 1.165) is 0 Å². The molecular formula is C14H18N2O5S. The van der Waals surface area contributed by atoms with E-state index in [1.54, 1.807) is 13.8 Å². The van der Waals surface area contributed by atoms with Crippen molar-refractivity contribution >= 4 is 21.4 Å². The van der Waals surface area contributed by atoms with Gasteiger partial charge in [0.25, 0.3) is 11.6 Å². The van der Waals surface area contributed by atoms with E-state index in [1.165, 1.54) is 30.1 Å². The second-order valence-electron chi connectivity index (χ2n) is 5.96. The molecule has 1 saturated heterocycles. The average molecular weight is 326 g/mol. The number of nitro benzene ring substituents is 1. The van der Waals surface area contributed by atoms with Gasteiger partial charge in [-0.3, -0.25) is 14.9 Å². The molecule has 7 nitrogen and oxygen atoms in total. The third-order valence-corrected chi connectivity index (χ3v) is 6.14. The lowest BCUT2D eigenvalue weighted by atomic mass is 9.98. The highest BCUT2D eigenvalue weighted by atomic mass is 32.2. The smallest absolute Gasteiger partial charge is 0.273 e. The van der Waals surface area contributed by atoms with Crippen molar-refractivity contribution in [3.8, 4) is 0 Å². The van der Waals surface area contributed by atoms with Gasteiger partial charge in [-0.1, -0.05) is 6.07 Å². The fourth-order valence-electron chi connectivity index (χ4n) is 2.64. The Labute approximate surface area is 129 Å². The number of rotatable bonds is 3. The van der Waals surface area contributed by atoms with Crippen molar-refractivity contribution in [2.75, 3.05) is 18.6 Å². The molecule has 0 aromatic heterocycles. The molecule has 2 rings (SSSR count). The van der Waals surface area contributed by atoms with Crippen LogP contribution in [0.1, 0.15) is 29.3 Å². The maximum absolute atomic E-state index is 12.5. The van der Waals surface area contributed by atoms with Crippen molar-refractivity contribution in [3.63, 3.8) is 0 Å². The highest BCUT2D eigenvalue weighted by Gasteiger charge is 2.43. The first-order valence-corrected chi connectivity index (χ1v) is 8.61. The molecule has 0 N–H and O–H groups in total. The molecule has 0 aliphatic carbocycles. The predicted molar refractivity (Wildman–Crippen MR) is 81.6 cm³/mol. The number of amides is 1. The number of carbonyl (C=O) groups excluding carboxylic acids is 1. The van der Waals surface area contributed by atoms with Gasteiger partial charge in [0.1, 0.15) is 0 Å². The Morgan fingerprint density at radius 2 is 2.05 bits per heavy atom. The van der Waals surface area contributed by atoms with E-state index < -0.39 is 26.2 Å². The third-order valence-electron chi connectivity index (χ3n) is 4.25. The summed E-state index contributed by atoms with van der Waals surface area (Å²) in [6.45, 7) is 3.32. The maximum Gasteiger partial charge on any atom is 0.273 e. The lowest BCUT2D eigenvalue weighted by Crippen LogP contribution is -2.48. The van der Waals surface area contributed by atoms with Crippen LogP contribution < -0.4 is 0 Å². The summed E-state index contributed by atoms with van der Waals surface area (Å²) in [5, 5.41) is 11.0. The third kappa shape index (κ3) is 2.96. The van der Waals surface area contributed by atoms with Crippen LogP contribution in [0.2, 0.25) is 0 Å². The monoisotopic (exact) mass is 326 g/mol. The second-order valence-corrected chi connectivity index (χ2v) is 8.15. The van der Waals surface area contributed by atoms with Gasteiger partial charge in [-0.05, 0) is 26.3 Å². The van der Waals surface area contributed by atoms with Crippen molar-refractivity contribution in [3.05, 3.63) is 39.4 Å². The van der Waals surface area contributed by atoms with Gasteiger partial charge in [0.05, 0.1) is 22.0 Å². The van der Waals surface area contributed by atoms with Crippen LogP contribution in [-0.4, -0.2) is 48.2 Å². The zero-order valence-electron chi connectivity index (χ0n) is 12.7. The van der Waals surface area contributed by atoms with Gasteiger partial charge in [-0.2, -0.15) is 0 Å². The summed E-state index contributed by atoms with van der Waals surface area (Å²) >= 11 is 0. The number of benzene rings is 1. The Bertz CT molecular complexity index is 744. The lowest BCUT2D eigenvalue weighted by molar-refractivity contribution is -0.385. The van der Waals surface area contributed by atoms with E-state index in [9.17, 15) is 23.3 Å². The van der Waals surface area contributed by atoms with Gasteiger partial charge in [0.15, 0.2) is 9.84 Å². The summed E-state index contributed by atoms with van der Waals surface area (Å²) in [4.78, 5) is 24.4. The van der Waals surface area contributed by atoms with Crippen LogP contribution in [0, 0.1) is 17.0 Å². The Morgan fingerprint density at radius 1 is 1.41 bits per heavy atom. The van der Waals surface area contributed by atoms with E-state index >= 15 is 0 Å². The molecule has 1 heterocycles. The molecule has 1 aliphatic rings. The van der Waals surface area contributed by atoms with Gasteiger partial charge in [-0.25, -0.2) is 8.42 Å². The molecule has 22 heavy (non-hydrogen) atoms. The molecule has 1 amide bonds. The Morgan fingerprint density at radius 3 is 2.55 bits per heavy atom. The Balaban J connectivity index is 2.32. The molecule has 1 aromatic rings. The summed E-state index contributed by atoms with van der Waals surface area (Å²) in [5.74, 6) is -0.451. The first-order chi connectivity index (χ1) is 10.1. The summed E-state index contributed by atoms with van der Waals surface area (Å²) in [7, 11) is -1.61. The van der Waals surface area contributed by atoms with Gasteiger partial charge < -0.3 is 4.90 Å². The molecule has 8 heteroatoms. The largest absolute Gasteiger partial charge is 0.335 e. The number of hydrogen-bond donors (Lipinski definition) is 0. The average Bonchev–Trinajstić information content (AvgIpc) is 2.72. The molecular weight excluding hydrogens is 308 g/mol. The van der Waals surface area contributed by atoms with Crippen LogP contribution in [0.3, 0.4) is 0 Å². The number of nitro groups is 1. The first-order valence-electron chi connectivity index (χ1n) is 6.79. The van der Waals surface area contributed by atoms with E-state index in [-0.39, 0.29) is 22.8 Å². The molecule has 0 saturated carbocycles. The minimum Gasteiger partial charge on any atom is -0.335 e. The molecule has 0 unspecified atom stereocenters. The number of carbonyl (C=O) groups is 1. The molecule has 0 spiro atoms. The topological polar surface area (TPSA) is 97.6 Å². The van der Waals surface area contributed by atoms with E-state index in [0.29, 0.717) is 12.0 Å². The number of sulfone groups is 1. The molecule has 1 fully saturated rings. The SMILES string of the molecule is Cc1ccc(C(=O)N(C)[C@@]2(C)CCS(=O)(=O)C2)cc1[N+](=O)[O-]. The van der Waals surface area contributed by atoms with Gasteiger partial charge in [0, 0.05) is 24.2 Å². The standard InChI is InChI=1S/C14H18N2O5S/c1-10-4-5-11(8-12(10)16(18)19)13(17)15(3)14(2)6-7-22(20,21)9-14/h4-5,8H,6-7,9H2,1-3H3/t14-/m0/s1. The van der Waals surface area contributed by atoms with Crippen LogP contribution >= 0.6 is 0 Å². The molecule has 1 atom stereocenters. The number of hydrogen-bond acceptors (Lipinski definition) is 5. The normalized spacial score (nSPS) is 23.2. The zero-order chi connectivity index (χ0) is 16.7. The molecule has 1 aromatic carbocycles. The zero-order valence-corrected chi connectivity index (χ0v) is 13.5. The van der Waals surface area contributed by atoms with Gasteiger partial charge in [0.2, 0.25) is 0 Å². The van der Waals surface area contributed by atoms with Crippen LogP contribution in [0.5, 0.6) is 0 Å². The highest BCUT2D eigenvalue weighted by molar-refractivity contribution is 7.91. The van der Waals surface area contributed by atoms with Crippen molar-refractivity contribution in [2.45, 2.75) is 25.8 Å². The number of nitrogens with zero attached hydrogens (tertiary/aromatic N) is 2. The Hall–Kier alpha value is -1.96.